The molecule has 1 aromatic carbocycles. The Bertz CT molecular complexity index is 1250. The highest BCUT2D eigenvalue weighted by atomic mass is 32.2. The quantitative estimate of drug-likeness (QED) is 0.397. The Morgan fingerprint density at radius 3 is 2.63 bits per heavy atom. The van der Waals surface area contributed by atoms with Crippen molar-refractivity contribution in [1.82, 2.24) is 9.88 Å². The van der Waals surface area contributed by atoms with E-state index in [2.05, 4.69) is 17.2 Å². The summed E-state index contributed by atoms with van der Waals surface area (Å²) >= 11 is 2.79. The highest BCUT2D eigenvalue weighted by Gasteiger charge is 2.31. The number of fused-ring (bicyclic) bond motifs is 1. The lowest BCUT2D eigenvalue weighted by molar-refractivity contribution is 0.0696. The van der Waals surface area contributed by atoms with Crippen LogP contribution >= 0.6 is 23.1 Å². The summed E-state index contributed by atoms with van der Waals surface area (Å²) in [6.45, 7) is 4.82. The molecule has 7 nitrogen and oxygen atoms in total. The van der Waals surface area contributed by atoms with Crippen molar-refractivity contribution in [2.24, 2.45) is 0 Å². The third kappa shape index (κ3) is 5.41. The Morgan fingerprint density at radius 1 is 1.17 bits per heavy atom. The first kappa shape index (κ1) is 24.9. The van der Waals surface area contributed by atoms with Crippen molar-refractivity contribution >= 4 is 45.9 Å². The number of amides is 2. The number of hydrogen-bond donors (Lipinski definition) is 2. The molecule has 0 radical (unpaired) electrons. The number of carbonyl (C=O) groups is 3. The molecule has 3 heterocycles. The lowest BCUT2D eigenvalue weighted by atomic mass is 10.0. The number of rotatable bonds is 8. The minimum Gasteiger partial charge on any atom is -0.478 e. The van der Waals surface area contributed by atoms with Crippen LogP contribution in [0.2, 0.25) is 0 Å². The van der Waals surface area contributed by atoms with Crippen LogP contribution in [-0.4, -0.2) is 45.1 Å². The number of aromatic carboxylic acids is 1. The Morgan fingerprint density at radius 2 is 1.94 bits per heavy atom. The number of thiophene rings is 1. The zero-order valence-corrected chi connectivity index (χ0v) is 21.3. The van der Waals surface area contributed by atoms with Crippen molar-refractivity contribution in [3.8, 4) is 0 Å². The van der Waals surface area contributed by atoms with Crippen molar-refractivity contribution in [1.29, 1.82) is 0 Å². The maximum Gasteiger partial charge on any atom is 0.339 e. The van der Waals surface area contributed by atoms with Crippen molar-refractivity contribution in [2.45, 2.75) is 44.7 Å². The Balaban J connectivity index is 1.56. The van der Waals surface area contributed by atoms with Crippen molar-refractivity contribution < 1.29 is 19.5 Å². The molecule has 0 saturated heterocycles. The summed E-state index contributed by atoms with van der Waals surface area (Å²) in [6.07, 6.45) is 3.95. The van der Waals surface area contributed by atoms with Gasteiger partial charge in [-0.25, -0.2) is 9.78 Å². The van der Waals surface area contributed by atoms with Gasteiger partial charge in [0.25, 0.3) is 11.8 Å². The van der Waals surface area contributed by atoms with Gasteiger partial charge in [0.15, 0.2) is 0 Å². The maximum atomic E-state index is 13.3. The van der Waals surface area contributed by atoms with E-state index >= 15 is 0 Å². The average Bonchev–Trinajstić information content (AvgIpc) is 3.24. The van der Waals surface area contributed by atoms with Gasteiger partial charge >= 0.3 is 5.97 Å². The van der Waals surface area contributed by atoms with E-state index in [4.69, 9.17) is 0 Å². The van der Waals surface area contributed by atoms with Gasteiger partial charge in [0.2, 0.25) is 0 Å². The molecule has 35 heavy (non-hydrogen) atoms. The lowest BCUT2D eigenvalue weighted by Gasteiger charge is -2.27. The Hall–Kier alpha value is -3.17. The van der Waals surface area contributed by atoms with Gasteiger partial charge in [-0.2, -0.15) is 0 Å². The number of benzene rings is 1. The minimum atomic E-state index is -1.08. The number of carbonyl (C=O) groups excluding carboxylic acids is 2. The molecule has 0 spiro atoms. The largest absolute Gasteiger partial charge is 0.478 e. The average molecular weight is 510 g/mol. The SMILES string of the molecule is CCCSc1ncccc1C(=O)N1CCc2c(sc(NC(=O)c3ccc(CC)cc3)c2C(=O)O)C1. The van der Waals surface area contributed by atoms with E-state index in [9.17, 15) is 19.5 Å². The number of carboxylic acid groups (broad SMARTS) is 1. The van der Waals surface area contributed by atoms with Crippen LogP contribution in [0, 0.1) is 0 Å². The molecular formula is C26H27N3O4S2. The molecule has 1 aliphatic rings. The number of thioether (sulfide) groups is 1. The molecule has 9 heteroatoms. The summed E-state index contributed by atoms with van der Waals surface area (Å²) < 4.78 is 0. The molecule has 0 saturated carbocycles. The van der Waals surface area contributed by atoms with Crippen LogP contribution in [0.25, 0.3) is 0 Å². The molecule has 2 aromatic heterocycles. The third-order valence-electron chi connectivity index (χ3n) is 5.85. The van der Waals surface area contributed by atoms with Crippen LogP contribution < -0.4 is 5.32 Å². The molecule has 0 aliphatic carbocycles. The normalized spacial score (nSPS) is 12.8. The van der Waals surface area contributed by atoms with E-state index in [1.165, 1.54) is 11.3 Å². The molecule has 0 bridgehead atoms. The summed E-state index contributed by atoms with van der Waals surface area (Å²) in [7, 11) is 0. The summed E-state index contributed by atoms with van der Waals surface area (Å²) in [5, 5.41) is 13.7. The number of nitrogens with zero attached hydrogens (tertiary/aromatic N) is 2. The van der Waals surface area contributed by atoms with Crippen LogP contribution in [0.15, 0.2) is 47.6 Å². The van der Waals surface area contributed by atoms with Crippen LogP contribution in [0.5, 0.6) is 0 Å². The predicted octanol–water partition coefficient (Wildman–Crippen LogP) is 5.36. The number of anilines is 1. The summed E-state index contributed by atoms with van der Waals surface area (Å²) in [6, 6.07) is 10.8. The van der Waals surface area contributed by atoms with E-state index in [-0.39, 0.29) is 17.4 Å². The topological polar surface area (TPSA) is 99.6 Å². The first-order valence-electron chi connectivity index (χ1n) is 11.6. The smallest absolute Gasteiger partial charge is 0.339 e. The zero-order valence-electron chi connectivity index (χ0n) is 19.7. The fraction of sp³-hybridized carbons (Fsp3) is 0.308. The van der Waals surface area contributed by atoms with E-state index in [1.54, 1.807) is 47.1 Å². The van der Waals surface area contributed by atoms with Gasteiger partial charge in [0, 0.05) is 23.2 Å². The highest BCUT2D eigenvalue weighted by Crippen LogP contribution is 2.38. The van der Waals surface area contributed by atoms with E-state index in [1.807, 2.05) is 19.1 Å². The first-order chi connectivity index (χ1) is 16.9. The number of aryl methyl sites for hydroxylation is 1. The molecule has 3 aromatic rings. The van der Waals surface area contributed by atoms with Gasteiger partial charge in [-0.05, 0) is 60.4 Å². The highest BCUT2D eigenvalue weighted by molar-refractivity contribution is 7.99. The van der Waals surface area contributed by atoms with Crippen molar-refractivity contribution in [2.75, 3.05) is 17.6 Å². The standard InChI is InChI=1S/C26H27N3O4S2/c1-3-14-34-23-19(6-5-12-27-23)25(31)29-13-11-18-20(15-29)35-24(21(18)26(32)33)28-22(30)17-9-7-16(4-2)8-10-17/h5-10,12H,3-4,11,13-15H2,1-2H3,(H,28,30)(H,32,33). The van der Waals surface area contributed by atoms with E-state index in [0.717, 1.165) is 29.0 Å². The third-order valence-corrected chi connectivity index (χ3v) is 8.20. The van der Waals surface area contributed by atoms with Gasteiger partial charge < -0.3 is 15.3 Å². The second-order valence-electron chi connectivity index (χ2n) is 8.20. The summed E-state index contributed by atoms with van der Waals surface area (Å²) in [4.78, 5) is 45.1. The van der Waals surface area contributed by atoms with Crippen LogP contribution in [0.4, 0.5) is 5.00 Å². The second kappa shape index (κ2) is 11.0. The van der Waals surface area contributed by atoms with E-state index in [0.29, 0.717) is 46.2 Å². The lowest BCUT2D eigenvalue weighted by Crippen LogP contribution is -2.36. The monoisotopic (exact) mass is 509 g/mol. The minimum absolute atomic E-state index is 0.116. The maximum absolute atomic E-state index is 13.3. The molecule has 1 aliphatic heterocycles. The van der Waals surface area contributed by atoms with Crippen LogP contribution in [0.3, 0.4) is 0 Å². The molecule has 0 fully saturated rings. The fourth-order valence-corrected chi connectivity index (χ4v) is 6.09. The molecule has 2 amide bonds. The molecule has 182 valence electrons. The van der Waals surface area contributed by atoms with Gasteiger partial charge in [-0.3, -0.25) is 9.59 Å². The van der Waals surface area contributed by atoms with Crippen LogP contribution in [-0.2, 0) is 19.4 Å². The molecule has 4 rings (SSSR count). The first-order valence-corrected chi connectivity index (χ1v) is 13.4. The van der Waals surface area contributed by atoms with Crippen LogP contribution in [0.1, 0.15) is 67.3 Å². The fourth-order valence-electron chi connectivity index (χ4n) is 4.00. The van der Waals surface area contributed by atoms with Gasteiger partial charge in [-0.15, -0.1) is 23.1 Å². The number of pyridine rings is 1. The number of nitrogens with one attached hydrogen (secondary N) is 1. The van der Waals surface area contributed by atoms with Gasteiger partial charge in [-0.1, -0.05) is 26.0 Å². The zero-order chi connectivity index (χ0) is 24.9. The van der Waals surface area contributed by atoms with Gasteiger partial charge in [0.05, 0.1) is 17.7 Å². The second-order valence-corrected chi connectivity index (χ2v) is 10.4. The number of carboxylic acids is 1. The van der Waals surface area contributed by atoms with Crippen molar-refractivity contribution in [3.63, 3.8) is 0 Å². The molecule has 0 unspecified atom stereocenters. The number of hydrogen-bond acceptors (Lipinski definition) is 6. The summed E-state index contributed by atoms with van der Waals surface area (Å²) in [5.74, 6) is -0.674. The molecule has 2 N–H and O–H groups in total. The molecular weight excluding hydrogens is 482 g/mol. The van der Waals surface area contributed by atoms with Gasteiger partial charge in [0.1, 0.15) is 10.0 Å². The van der Waals surface area contributed by atoms with Crippen molar-refractivity contribution in [3.05, 3.63) is 75.3 Å². The predicted molar refractivity (Wildman–Crippen MR) is 139 cm³/mol. The summed E-state index contributed by atoms with van der Waals surface area (Å²) in [5.41, 5.74) is 2.96. The molecule has 0 atom stereocenters. The van der Waals surface area contributed by atoms with E-state index < -0.39 is 5.97 Å². The Labute approximate surface area is 212 Å². The Kier molecular flexibility index (Phi) is 7.87. The number of aromatic nitrogens is 1.